The van der Waals surface area contributed by atoms with Crippen LogP contribution >= 0.6 is 23.2 Å². The zero-order valence-corrected chi connectivity index (χ0v) is 12.9. The Kier molecular flexibility index (Phi) is 5.04. The molecule has 0 aliphatic heterocycles. The molecule has 0 bridgehead atoms. The summed E-state index contributed by atoms with van der Waals surface area (Å²) in [6.45, 7) is 2.09. The fraction of sp³-hybridized carbons (Fsp3) is 0.286. The molecule has 1 heterocycles. The van der Waals surface area contributed by atoms with Crippen LogP contribution in [0.4, 0.5) is 17.3 Å². The van der Waals surface area contributed by atoms with Crippen molar-refractivity contribution >= 4 is 40.5 Å². The van der Waals surface area contributed by atoms with E-state index >= 15 is 0 Å². The van der Waals surface area contributed by atoms with Crippen LogP contribution in [0.25, 0.3) is 0 Å². The van der Waals surface area contributed by atoms with E-state index in [4.69, 9.17) is 23.2 Å². The smallest absolute Gasteiger partial charge is 0.136 e. The second-order valence-electron chi connectivity index (χ2n) is 4.30. The summed E-state index contributed by atoms with van der Waals surface area (Å²) in [6, 6.07) is 7.09. The Bertz CT molecular complexity index is 602. The van der Waals surface area contributed by atoms with Gasteiger partial charge in [-0.3, -0.25) is 0 Å². The maximum Gasteiger partial charge on any atom is 0.136 e. The summed E-state index contributed by atoms with van der Waals surface area (Å²) in [5.41, 5.74) is 0.724. The summed E-state index contributed by atoms with van der Waals surface area (Å²) >= 11 is 12.1. The van der Waals surface area contributed by atoms with Gasteiger partial charge in [-0.05, 0) is 24.6 Å². The molecular formula is C14H16Cl2N4. The fourth-order valence-corrected chi connectivity index (χ4v) is 2.09. The first-order valence-corrected chi connectivity index (χ1v) is 7.15. The molecule has 2 N–H and O–H groups in total. The van der Waals surface area contributed by atoms with Gasteiger partial charge in [-0.25, -0.2) is 9.97 Å². The molecule has 1 aromatic heterocycles. The Hall–Kier alpha value is -1.52. The molecule has 0 amide bonds. The predicted molar refractivity (Wildman–Crippen MR) is 85.3 cm³/mol. The highest BCUT2D eigenvalue weighted by Crippen LogP contribution is 2.28. The van der Waals surface area contributed by atoms with Gasteiger partial charge in [0.15, 0.2) is 0 Å². The van der Waals surface area contributed by atoms with Crippen LogP contribution in [0.2, 0.25) is 10.0 Å². The van der Waals surface area contributed by atoms with Crippen molar-refractivity contribution in [2.45, 2.75) is 19.8 Å². The Morgan fingerprint density at radius 2 is 1.85 bits per heavy atom. The van der Waals surface area contributed by atoms with Gasteiger partial charge in [-0.15, -0.1) is 0 Å². The van der Waals surface area contributed by atoms with Crippen LogP contribution in [-0.2, 0) is 6.42 Å². The minimum absolute atomic E-state index is 0.594. The minimum Gasteiger partial charge on any atom is -0.373 e. The van der Waals surface area contributed by atoms with E-state index in [0.717, 1.165) is 30.2 Å². The first-order valence-electron chi connectivity index (χ1n) is 6.40. The molecule has 0 unspecified atom stereocenters. The summed E-state index contributed by atoms with van der Waals surface area (Å²) in [5.74, 6) is 2.25. The van der Waals surface area contributed by atoms with Crippen LogP contribution in [0.5, 0.6) is 0 Å². The van der Waals surface area contributed by atoms with Crippen molar-refractivity contribution in [3.05, 3.63) is 40.1 Å². The molecule has 0 fully saturated rings. The van der Waals surface area contributed by atoms with E-state index in [-0.39, 0.29) is 0 Å². The van der Waals surface area contributed by atoms with Crippen molar-refractivity contribution in [3.8, 4) is 0 Å². The first-order chi connectivity index (χ1) is 9.62. The molecule has 0 radical (unpaired) electrons. The third-order valence-electron chi connectivity index (χ3n) is 2.69. The van der Waals surface area contributed by atoms with E-state index in [2.05, 4.69) is 27.5 Å². The van der Waals surface area contributed by atoms with Crippen LogP contribution in [0.3, 0.4) is 0 Å². The quantitative estimate of drug-likeness (QED) is 0.852. The van der Waals surface area contributed by atoms with Gasteiger partial charge in [0, 0.05) is 24.6 Å². The number of nitrogens with one attached hydrogen (secondary N) is 2. The molecule has 0 saturated heterocycles. The molecule has 0 saturated carbocycles. The summed E-state index contributed by atoms with van der Waals surface area (Å²) in [5, 5.41) is 7.42. The lowest BCUT2D eigenvalue weighted by Gasteiger charge is -2.11. The van der Waals surface area contributed by atoms with Crippen molar-refractivity contribution < 1.29 is 0 Å². The van der Waals surface area contributed by atoms with Gasteiger partial charge in [0.2, 0.25) is 0 Å². The Labute approximate surface area is 128 Å². The average molecular weight is 311 g/mol. The first kappa shape index (κ1) is 14.9. The zero-order chi connectivity index (χ0) is 14.5. The number of halogens is 2. The number of hydrogen-bond acceptors (Lipinski definition) is 4. The lowest BCUT2D eigenvalue weighted by atomic mass is 10.3. The number of aryl methyl sites for hydroxylation is 1. The summed E-state index contributed by atoms with van der Waals surface area (Å²) in [4.78, 5) is 8.88. The normalized spacial score (nSPS) is 10.4. The Balaban J connectivity index is 2.32. The molecule has 106 valence electrons. The highest BCUT2D eigenvalue weighted by Gasteiger charge is 2.06. The Morgan fingerprint density at radius 3 is 2.55 bits per heavy atom. The molecule has 6 heteroatoms. The number of nitrogens with zero attached hydrogens (tertiary/aromatic N) is 2. The molecule has 4 nitrogen and oxygen atoms in total. The van der Waals surface area contributed by atoms with Crippen LogP contribution in [0, 0.1) is 0 Å². The maximum atomic E-state index is 6.14. The number of aromatic nitrogens is 2. The number of rotatable bonds is 5. The van der Waals surface area contributed by atoms with Gasteiger partial charge in [-0.2, -0.15) is 0 Å². The second kappa shape index (κ2) is 6.77. The van der Waals surface area contributed by atoms with Crippen LogP contribution in [-0.4, -0.2) is 17.0 Å². The Morgan fingerprint density at radius 1 is 1.10 bits per heavy atom. The van der Waals surface area contributed by atoms with E-state index in [9.17, 15) is 0 Å². The molecule has 2 aromatic rings. The third kappa shape index (κ3) is 3.74. The molecule has 0 aliphatic carbocycles. The van der Waals surface area contributed by atoms with Gasteiger partial charge in [0.05, 0.1) is 10.7 Å². The number of hydrogen-bond donors (Lipinski definition) is 2. The largest absolute Gasteiger partial charge is 0.373 e. The van der Waals surface area contributed by atoms with E-state index in [0.29, 0.717) is 15.9 Å². The third-order valence-corrected chi connectivity index (χ3v) is 3.26. The summed E-state index contributed by atoms with van der Waals surface area (Å²) in [7, 11) is 1.83. The highest BCUT2D eigenvalue weighted by molar-refractivity contribution is 6.35. The monoisotopic (exact) mass is 310 g/mol. The van der Waals surface area contributed by atoms with Gasteiger partial charge < -0.3 is 10.6 Å². The molecule has 20 heavy (non-hydrogen) atoms. The van der Waals surface area contributed by atoms with Crippen LogP contribution < -0.4 is 10.6 Å². The standard InChI is InChI=1S/C14H16Cl2N4/c1-3-4-12-19-13(17-2)8-14(20-12)18-11-7-9(15)5-6-10(11)16/h5-8H,3-4H2,1-2H3,(H2,17,18,19,20). The molecule has 0 atom stereocenters. The van der Waals surface area contributed by atoms with Crippen LogP contribution in [0.1, 0.15) is 19.2 Å². The van der Waals surface area contributed by atoms with E-state index in [1.54, 1.807) is 18.2 Å². The molecule has 1 aromatic carbocycles. The average Bonchev–Trinajstić information content (AvgIpc) is 2.43. The van der Waals surface area contributed by atoms with Crippen molar-refractivity contribution in [1.29, 1.82) is 0 Å². The predicted octanol–water partition coefficient (Wildman–Crippen LogP) is 4.52. The van der Waals surface area contributed by atoms with E-state index < -0.39 is 0 Å². The van der Waals surface area contributed by atoms with Crippen molar-refractivity contribution in [3.63, 3.8) is 0 Å². The number of benzene rings is 1. The molecular weight excluding hydrogens is 295 g/mol. The van der Waals surface area contributed by atoms with Crippen molar-refractivity contribution in [1.82, 2.24) is 9.97 Å². The van der Waals surface area contributed by atoms with Gasteiger partial charge in [0.1, 0.15) is 17.5 Å². The molecule has 2 rings (SSSR count). The SMILES string of the molecule is CCCc1nc(NC)cc(Nc2cc(Cl)ccc2Cl)n1. The lowest BCUT2D eigenvalue weighted by Crippen LogP contribution is -2.04. The lowest BCUT2D eigenvalue weighted by molar-refractivity contribution is 0.838. The molecule has 0 spiro atoms. The van der Waals surface area contributed by atoms with Crippen molar-refractivity contribution in [2.24, 2.45) is 0 Å². The maximum absolute atomic E-state index is 6.14. The molecule has 0 aliphatic rings. The second-order valence-corrected chi connectivity index (χ2v) is 5.15. The van der Waals surface area contributed by atoms with Crippen molar-refractivity contribution in [2.75, 3.05) is 17.7 Å². The minimum atomic E-state index is 0.594. The van der Waals surface area contributed by atoms with E-state index in [1.807, 2.05) is 13.1 Å². The number of anilines is 3. The summed E-state index contributed by atoms with van der Waals surface area (Å²) < 4.78 is 0. The highest BCUT2D eigenvalue weighted by atomic mass is 35.5. The fourth-order valence-electron chi connectivity index (χ4n) is 1.76. The van der Waals surface area contributed by atoms with Gasteiger partial charge in [0.25, 0.3) is 0 Å². The van der Waals surface area contributed by atoms with Crippen LogP contribution in [0.15, 0.2) is 24.3 Å². The zero-order valence-electron chi connectivity index (χ0n) is 11.4. The summed E-state index contributed by atoms with van der Waals surface area (Å²) in [6.07, 6.45) is 1.82. The van der Waals surface area contributed by atoms with Gasteiger partial charge in [-0.1, -0.05) is 30.1 Å². The van der Waals surface area contributed by atoms with E-state index in [1.165, 1.54) is 0 Å². The topological polar surface area (TPSA) is 49.8 Å². The van der Waals surface area contributed by atoms with Gasteiger partial charge >= 0.3 is 0 Å².